The zero-order valence-electron chi connectivity index (χ0n) is 16.9. The molecule has 1 aromatic rings. The Hall–Kier alpha value is -1.79. The van der Waals surface area contributed by atoms with Crippen molar-refractivity contribution in [3.05, 3.63) is 29.8 Å². The number of hydrogen-bond donors (Lipinski definition) is 1. The van der Waals surface area contributed by atoms with Crippen LogP contribution in [0, 0.1) is 5.92 Å². The molecule has 0 bridgehead atoms. The number of guanidine groups is 1. The summed E-state index contributed by atoms with van der Waals surface area (Å²) in [6, 6.07) is 8.64. The van der Waals surface area contributed by atoms with E-state index < -0.39 is 0 Å². The summed E-state index contributed by atoms with van der Waals surface area (Å²) in [5.41, 5.74) is 1.23. The predicted molar refractivity (Wildman–Crippen MR) is 107 cm³/mol. The molecule has 26 heavy (non-hydrogen) atoms. The van der Waals surface area contributed by atoms with Gasteiger partial charge in [-0.25, -0.2) is 0 Å². The fourth-order valence-corrected chi connectivity index (χ4v) is 3.36. The topological polar surface area (TPSA) is 49.3 Å². The van der Waals surface area contributed by atoms with Crippen LogP contribution < -0.4 is 10.1 Å². The number of nitrogens with one attached hydrogen (secondary N) is 1. The smallest absolute Gasteiger partial charge is 0.193 e. The maximum atomic E-state index is 5.49. The van der Waals surface area contributed by atoms with Crippen LogP contribution in [0.15, 0.2) is 29.3 Å². The molecular weight excluding hydrogens is 328 g/mol. The Morgan fingerprint density at radius 3 is 2.46 bits per heavy atom. The minimum Gasteiger partial charge on any atom is -0.497 e. The Morgan fingerprint density at radius 2 is 1.92 bits per heavy atom. The lowest BCUT2D eigenvalue weighted by atomic mass is 10.0. The number of hydrogen-bond acceptors (Lipinski definition) is 4. The molecular formula is C20H34N4O2. The van der Waals surface area contributed by atoms with Crippen molar-refractivity contribution in [2.75, 3.05) is 54.1 Å². The maximum Gasteiger partial charge on any atom is 0.193 e. The first-order valence-electron chi connectivity index (χ1n) is 9.41. The molecule has 0 aliphatic carbocycles. The molecule has 0 saturated carbocycles. The lowest BCUT2D eigenvalue weighted by molar-refractivity contribution is 0.00741. The molecule has 2 rings (SSSR count). The van der Waals surface area contributed by atoms with Gasteiger partial charge in [0, 0.05) is 46.3 Å². The van der Waals surface area contributed by atoms with Crippen LogP contribution in [0.2, 0.25) is 0 Å². The highest BCUT2D eigenvalue weighted by Crippen LogP contribution is 2.14. The van der Waals surface area contributed by atoms with Crippen LogP contribution in [0.4, 0.5) is 0 Å². The number of rotatable bonds is 7. The van der Waals surface area contributed by atoms with Crippen LogP contribution in [0.25, 0.3) is 0 Å². The van der Waals surface area contributed by atoms with Crippen LogP contribution in [0.5, 0.6) is 5.75 Å². The Labute approximate surface area is 158 Å². The summed E-state index contributed by atoms with van der Waals surface area (Å²) in [6.45, 7) is 9.92. The second kappa shape index (κ2) is 10.4. The van der Waals surface area contributed by atoms with Gasteiger partial charge in [-0.05, 0) is 23.6 Å². The van der Waals surface area contributed by atoms with Crippen LogP contribution in [0.3, 0.4) is 0 Å². The molecule has 6 nitrogen and oxygen atoms in total. The zero-order chi connectivity index (χ0) is 18.9. The van der Waals surface area contributed by atoms with E-state index >= 15 is 0 Å². The number of benzene rings is 1. The number of aliphatic imine (C=N–C) groups is 1. The fourth-order valence-electron chi connectivity index (χ4n) is 3.36. The normalized spacial score (nSPS) is 17.2. The summed E-state index contributed by atoms with van der Waals surface area (Å²) in [4.78, 5) is 9.13. The van der Waals surface area contributed by atoms with Crippen molar-refractivity contribution >= 4 is 5.96 Å². The Balaban J connectivity index is 1.91. The van der Waals surface area contributed by atoms with Crippen molar-refractivity contribution in [3.8, 4) is 5.75 Å². The third-order valence-electron chi connectivity index (χ3n) is 4.91. The Bertz CT molecular complexity index is 553. The third-order valence-corrected chi connectivity index (χ3v) is 4.91. The van der Waals surface area contributed by atoms with Crippen LogP contribution in [0.1, 0.15) is 19.4 Å². The van der Waals surface area contributed by atoms with Crippen molar-refractivity contribution in [2.24, 2.45) is 10.9 Å². The van der Waals surface area contributed by atoms with Gasteiger partial charge in [0.15, 0.2) is 5.96 Å². The van der Waals surface area contributed by atoms with E-state index in [1.807, 2.05) is 19.2 Å². The molecule has 1 saturated heterocycles. The molecule has 146 valence electrons. The molecule has 1 fully saturated rings. The van der Waals surface area contributed by atoms with Gasteiger partial charge >= 0.3 is 0 Å². The molecule has 0 radical (unpaired) electrons. The van der Waals surface area contributed by atoms with Gasteiger partial charge < -0.3 is 19.7 Å². The summed E-state index contributed by atoms with van der Waals surface area (Å²) in [5, 5.41) is 3.56. The van der Waals surface area contributed by atoms with Gasteiger partial charge in [0.05, 0.1) is 20.3 Å². The summed E-state index contributed by atoms with van der Waals surface area (Å²) >= 11 is 0. The van der Waals surface area contributed by atoms with E-state index in [0.29, 0.717) is 12.0 Å². The highest BCUT2D eigenvalue weighted by Gasteiger charge is 2.24. The summed E-state index contributed by atoms with van der Waals surface area (Å²) < 4.78 is 10.7. The van der Waals surface area contributed by atoms with Crippen molar-refractivity contribution in [1.29, 1.82) is 0 Å². The predicted octanol–water partition coefficient (Wildman–Crippen LogP) is 2.06. The van der Waals surface area contributed by atoms with Crippen molar-refractivity contribution in [3.63, 3.8) is 0 Å². The van der Waals surface area contributed by atoms with E-state index in [4.69, 9.17) is 9.47 Å². The number of ether oxygens (including phenoxy) is 2. The average Bonchev–Trinajstić information content (AvgIpc) is 2.66. The lowest BCUT2D eigenvalue weighted by Gasteiger charge is -2.37. The highest BCUT2D eigenvalue weighted by molar-refractivity contribution is 5.79. The summed E-state index contributed by atoms with van der Waals surface area (Å²) in [6.07, 6.45) is 0. The molecule has 1 aromatic carbocycles. The molecule has 1 aliphatic rings. The molecule has 0 aromatic heterocycles. The van der Waals surface area contributed by atoms with Gasteiger partial charge in [-0.15, -0.1) is 0 Å². The van der Waals surface area contributed by atoms with Crippen LogP contribution >= 0.6 is 0 Å². The van der Waals surface area contributed by atoms with E-state index in [-0.39, 0.29) is 0 Å². The van der Waals surface area contributed by atoms with E-state index in [2.05, 4.69) is 53.1 Å². The van der Waals surface area contributed by atoms with Crippen LogP contribution in [-0.4, -0.2) is 75.9 Å². The first-order valence-corrected chi connectivity index (χ1v) is 9.41. The van der Waals surface area contributed by atoms with Gasteiger partial charge in [0.25, 0.3) is 0 Å². The van der Waals surface area contributed by atoms with Crippen molar-refractivity contribution < 1.29 is 9.47 Å². The third kappa shape index (κ3) is 5.88. The number of nitrogens with zero attached hydrogens (tertiary/aromatic N) is 3. The standard InChI is InChI=1S/C20H34N4O2/c1-16(2)19(24-10-12-26-13-11-24)14-22-20(21-3)23(4)15-17-6-8-18(25-5)9-7-17/h6-9,16,19H,10-15H2,1-5H3,(H,21,22). The molecule has 1 N–H and O–H groups in total. The van der Waals surface area contributed by atoms with E-state index in [9.17, 15) is 0 Å². The van der Waals surface area contributed by atoms with Gasteiger partial charge in [0.1, 0.15) is 5.75 Å². The fraction of sp³-hybridized carbons (Fsp3) is 0.650. The molecule has 1 aliphatic heterocycles. The zero-order valence-corrected chi connectivity index (χ0v) is 16.9. The average molecular weight is 363 g/mol. The van der Waals surface area contributed by atoms with Gasteiger partial charge in [-0.1, -0.05) is 26.0 Å². The largest absolute Gasteiger partial charge is 0.497 e. The maximum absolute atomic E-state index is 5.49. The summed E-state index contributed by atoms with van der Waals surface area (Å²) in [7, 11) is 5.59. The Kier molecular flexibility index (Phi) is 8.19. The second-order valence-electron chi connectivity index (χ2n) is 7.09. The highest BCUT2D eigenvalue weighted by atomic mass is 16.5. The van der Waals surface area contributed by atoms with E-state index in [1.165, 1.54) is 5.56 Å². The minimum absolute atomic E-state index is 0.477. The molecule has 6 heteroatoms. The van der Waals surface area contributed by atoms with Gasteiger partial charge in [0.2, 0.25) is 0 Å². The SMILES string of the molecule is CN=C(NCC(C(C)C)N1CCOCC1)N(C)Cc1ccc(OC)cc1. The molecule has 1 unspecified atom stereocenters. The Morgan fingerprint density at radius 1 is 1.27 bits per heavy atom. The minimum atomic E-state index is 0.477. The first kappa shape index (κ1) is 20.5. The molecule has 0 spiro atoms. The first-order chi connectivity index (χ1) is 12.5. The number of methoxy groups -OCH3 is 1. The molecule has 1 heterocycles. The van der Waals surface area contributed by atoms with Crippen molar-refractivity contribution in [2.45, 2.75) is 26.4 Å². The second-order valence-corrected chi connectivity index (χ2v) is 7.09. The molecule has 1 atom stereocenters. The van der Waals surface area contributed by atoms with E-state index in [1.54, 1.807) is 7.11 Å². The van der Waals surface area contributed by atoms with E-state index in [0.717, 1.165) is 51.1 Å². The van der Waals surface area contributed by atoms with Crippen molar-refractivity contribution in [1.82, 2.24) is 15.1 Å². The quantitative estimate of drug-likeness (QED) is 0.594. The number of morpholine rings is 1. The van der Waals surface area contributed by atoms with Gasteiger partial charge in [-0.3, -0.25) is 9.89 Å². The monoisotopic (exact) mass is 362 g/mol. The van der Waals surface area contributed by atoms with Gasteiger partial charge in [-0.2, -0.15) is 0 Å². The van der Waals surface area contributed by atoms with Crippen LogP contribution in [-0.2, 0) is 11.3 Å². The molecule has 0 amide bonds. The summed E-state index contributed by atoms with van der Waals surface area (Å²) in [5.74, 6) is 2.37. The lowest BCUT2D eigenvalue weighted by Crippen LogP contribution is -2.52.